The fourth-order valence-electron chi connectivity index (χ4n) is 2.01. The lowest BCUT2D eigenvalue weighted by Gasteiger charge is -2.19. The van der Waals surface area contributed by atoms with Crippen molar-refractivity contribution in [1.29, 1.82) is 0 Å². The predicted molar refractivity (Wildman–Crippen MR) is 66.6 cm³/mol. The van der Waals surface area contributed by atoms with Gasteiger partial charge in [0.25, 0.3) is 0 Å². The van der Waals surface area contributed by atoms with Crippen LogP contribution in [-0.4, -0.2) is 13.4 Å². The lowest BCUT2D eigenvalue weighted by atomic mass is 9.90. The Hall–Kier alpha value is -1.31. The topological polar surface area (TPSA) is 26.3 Å². The number of carbonyl (C=O) groups excluding carboxylic acids is 1. The maximum absolute atomic E-state index is 11.0. The summed E-state index contributed by atoms with van der Waals surface area (Å²) in [4.78, 5) is 11.0. The molecule has 0 N–H and O–H groups in total. The van der Waals surface area contributed by atoms with Crippen LogP contribution in [0.3, 0.4) is 0 Å². The van der Waals surface area contributed by atoms with Crippen LogP contribution >= 0.6 is 0 Å². The van der Waals surface area contributed by atoms with Gasteiger partial charge >= 0.3 is 0 Å². The molecule has 2 heteroatoms. The van der Waals surface area contributed by atoms with Crippen LogP contribution in [0.4, 0.5) is 0 Å². The zero-order valence-electron chi connectivity index (χ0n) is 10.7. The maximum atomic E-state index is 11.0. The Morgan fingerprint density at radius 1 is 1.12 bits per heavy atom. The van der Waals surface area contributed by atoms with E-state index in [9.17, 15) is 4.79 Å². The predicted octanol–water partition coefficient (Wildman–Crippen LogP) is 3.75. The molecule has 2 nitrogen and oxygen atoms in total. The first-order valence-electron chi connectivity index (χ1n) is 5.68. The molecule has 16 heavy (non-hydrogen) atoms. The van der Waals surface area contributed by atoms with Crippen LogP contribution in [0.1, 0.15) is 61.0 Å². The highest BCUT2D eigenvalue weighted by molar-refractivity contribution is 5.79. The Morgan fingerprint density at radius 3 is 2.12 bits per heavy atom. The van der Waals surface area contributed by atoms with Gasteiger partial charge in [0.15, 0.2) is 0 Å². The van der Waals surface area contributed by atoms with E-state index in [1.54, 1.807) is 7.11 Å². The highest BCUT2D eigenvalue weighted by Gasteiger charge is 2.17. The van der Waals surface area contributed by atoms with E-state index in [1.807, 2.05) is 12.1 Å². The number of benzene rings is 1. The van der Waals surface area contributed by atoms with E-state index in [0.29, 0.717) is 5.92 Å². The maximum Gasteiger partial charge on any atom is 0.150 e. The van der Waals surface area contributed by atoms with Crippen LogP contribution in [-0.2, 0) is 0 Å². The minimum Gasteiger partial charge on any atom is -0.496 e. The third kappa shape index (κ3) is 2.26. The molecule has 88 valence electrons. The average molecular weight is 220 g/mol. The van der Waals surface area contributed by atoms with Crippen molar-refractivity contribution in [3.05, 3.63) is 28.8 Å². The number of rotatable bonds is 4. The van der Waals surface area contributed by atoms with Gasteiger partial charge in [-0.05, 0) is 17.4 Å². The average Bonchev–Trinajstić information content (AvgIpc) is 2.26. The summed E-state index contributed by atoms with van der Waals surface area (Å²) in [7, 11) is 1.67. The zero-order chi connectivity index (χ0) is 12.3. The molecule has 0 aliphatic heterocycles. The molecule has 0 bridgehead atoms. The summed E-state index contributed by atoms with van der Waals surface area (Å²) in [5.41, 5.74) is 2.91. The molecule has 0 amide bonds. The van der Waals surface area contributed by atoms with Crippen LogP contribution < -0.4 is 4.74 Å². The van der Waals surface area contributed by atoms with Gasteiger partial charge in [0.2, 0.25) is 0 Å². The van der Waals surface area contributed by atoms with Crippen molar-refractivity contribution in [3.8, 4) is 5.75 Å². The Morgan fingerprint density at radius 2 is 1.75 bits per heavy atom. The van der Waals surface area contributed by atoms with Crippen molar-refractivity contribution in [2.45, 2.75) is 39.5 Å². The highest BCUT2D eigenvalue weighted by atomic mass is 16.5. The monoisotopic (exact) mass is 220 g/mol. The van der Waals surface area contributed by atoms with Crippen molar-refractivity contribution in [1.82, 2.24) is 0 Å². The second-order valence-electron chi connectivity index (χ2n) is 4.62. The van der Waals surface area contributed by atoms with E-state index in [-0.39, 0.29) is 5.92 Å². The molecule has 0 atom stereocenters. The van der Waals surface area contributed by atoms with Gasteiger partial charge in [-0.25, -0.2) is 0 Å². The quantitative estimate of drug-likeness (QED) is 0.722. The molecule has 0 aliphatic rings. The van der Waals surface area contributed by atoms with Gasteiger partial charge in [-0.1, -0.05) is 39.8 Å². The molecule has 0 saturated carbocycles. The standard InChI is InChI=1S/C14H20O2/c1-9(2)12-7-6-11(8-15)13(10(3)4)14(12)16-5/h6-10H,1-5H3. The second-order valence-corrected chi connectivity index (χ2v) is 4.62. The normalized spacial score (nSPS) is 10.9. The number of carbonyl (C=O) groups is 1. The number of methoxy groups -OCH3 is 1. The largest absolute Gasteiger partial charge is 0.496 e. The fraction of sp³-hybridized carbons (Fsp3) is 0.500. The van der Waals surface area contributed by atoms with Gasteiger partial charge < -0.3 is 4.74 Å². The van der Waals surface area contributed by atoms with Gasteiger partial charge in [-0.2, -0.15) is 0 Å². The summed E-state index contributed by atoms with van der Waals surface area (Å²) >= 11 is 0. The number of hydrogen-bond donors (Lipinski definition) is 0. The lowest BCUT2D eigenvalue weighted by molar-refractivity contribution is 0.112. The molecular weight excluding hydrogens is 200 g/mol. The van der Waals surface area contributed by atoms with E-state index < -0.39 is 0 Å². The second kappa shape index (κ2) is 5.15. The van der Waals surface area contributed by atoms with Gasteiger partial charge in [-0.15, -0.1) is 0 Å². The molecule has 0 heterocycles. The molecule has 0 radical (unpaired) electrons. The van der Waals surface area contributed by atoms with Crippen LogP contribution in [0.15, 0.2) is 12.1 Å². The molecule has 0 aromatic heterocycles. The molecule has 1 rings (SSSR count). The Bertz CT molecular complexity index is 379. The van der Waals surface area contributed by atoms with Gasteiger partial charge in [0.05, 0.1) is 7.11 Å². The Balaban J connectivity index is 3.49. The van der Waals surface area contributed by atoms with Crippen LogP contribution in [0, 0.1) is 0 Å². The van der Waals surface area contributed by atoms with Crippen LogP contribution in [0.25, 0.3) is 0 Å². The lowest BCUT2D eigenvalue weighted by Crippen LogP contribution is -2.04. The minimum atomic E-state index is 0.286. The smallest absolute Gasteiger partial charge is 0.150 e. The molecular formula is C14H20O2. The molecule has 0 unspecified atom stereocenters. The first-order chi connectivity index (χ1) is 7.52. The van der Waals surface area contributed by atoms with E-state index in [4.69, 9.17) is 4.74 Å². The molecule has 0 fully saturated rings. The van der Waals surface area contributed by atoms with Gasteiger partial charge in [-0.3, -0.25) is 4.79 Å². The Kier molecular flexibility index (Phi) is 4.11. The van der Waals surface area contributed by atoms with Gasteiger partial charge in [0.1, 0.15) is 12.0 Å². The summed E-state index contributed by atoms with van der Waals surface area (Å²) < 4.78 is 5.48. The summed E-state index contributed by atoms with van der Waals surface area (Å²) in [6.07, 6.45) is 0.905. The SMILES string of the molecule is COc1c(C(C)C)ccc(C=O)c1C(C)C. The number of hydrogen-bond acceptors (Lipinski definition) is 2. The van der Waals surface area contributed by atoms with E-state index in [2.05, 4.69) is 27.7 Å². The molecule has 1 aromatic rings. The van der Waals surface area contributed by atoms with Crippen molar-refractivity contribution in [2.75, 3.05) is 7.11 Å². The summed E-state index contributed by atoms with van der Waals surface area (Å²) in [5.74, 6) is 1.55. The first kappa shape index (κ1) is 12.8. The van der Waals surface area contributed by atoms with Gasteiger partial charge in [0, 0.05) is 11.1 Å². The van der Waals surface area contributed by atoms with E-state index >= 15 is 0 Å². The third-order valence-corrected chi connectivity index (χ3v) is 2.79. The van der Waals surface area contributed by atoms with Crippen molar-refractivity contribution in [3.63, 3.8) is 0 Å². The summed E-state index contributed by atoms with van der Waals surface area (Å²) in [6, 6.07) is 3.87. The van der Waals surface area contributed by atoms with Crippen LogP contribution in [0.5, 0.6) is 5.75 Å². The van der Waals surface area contributed by atoms with E-state index in [0.717, 1.165) is 28.7 Å². The van der Waals surface area contributed by atoms with Crippen LogP contribution in [0.2, 0.25) is 0 Å². The number of aldehydes is 1. The van der Waals surface area contributed by atoms with Crippen molar-refractivity contribution >= 4 is 6.29 Å². The first-order valence-corrected chi connectivity index (χ1v) is 5.68. The molecule has 1 aromatic carbocycles. The third-order valence-electron chi connectivity index (χ3n) is 2.79. The summed E-state index contributed by atoms with van der Waals surface area (Å²) in [5, 5.41) is 0. The van der Waals surface area contributed by atoms with Crippen molar-refractivity contribution in [2.24, 2.45) is 0 Å². The highest BCUT2D eigenvalue weighted by Crippen LogP contribution is 2.36. The number of ether oxygens (including phenoxy) is 1. The molecule has 0 saturated heterocycles. The Labute approximate surface area is 97.6 Å². The van der Waals surface area contributed by atoms with E-state index in [1.165, 1.54) is 0 Å². The molecule has 0 spiro atoms. The van der Waals surface area contributed by atoms with Crippen molar-refractivity contribution < 1.29 is 9.53 Å². The molecule has 0 aliphatic carbocycles. The zero-order valence-corrected chi connectivity index (χ0v) is 10.7. The fourth-order valence-corrected chi connectivity index (χ4v) is 2.01. The minimum absolute atomic E-state index is 0.286. The summed E-state index contributed by atoms with van der Waals surface area (Å²) in [6.45, 7) is 8.41.